The van der Waals surface area contributed by atoms with Gasteiger partial charge in [-0.25, -0.2) is 4.79 Å². The number of nitrogen functional groups attached to an aromatic ring is 1. The number of aromatic nitrogens is 2. The van der Waals surface area contributed by atoms with E-state index in [-0.39, 0.29) is 24.2 Å². The smallest absolute Gasteiger partial charge is 0.330 e. The second-order valence-electron chi connectivity index (χ2n) is 4.61. The summed E-state index contributed by atoms with van der Waals surface area (Å²) in [7, 11) is 1.52. The lowest BCUT2D eigenvalue weighted by atomic mass is 10.3. The number of hydrogen-bond acceptors (Lipinski definition) is 7. The first kappa shape index (κ1) is 15.5. The van der Waals surface area contributed by atoms with Crippen molar-refractivity contribution in [3.05, 3.63) is 20.8 Å². The zero-order valence-electron chi connectivity index (χ0n) is 11.9. The van der Waals surface area contributed by atoms with Gasteiger partial charge in [-0.2, -0.15) is 0 Å². The number of rotatable bonds is 6. The van der Waals surface area contributed by atoms with Crippen molar-refractivity contribution < 1.29 is 14.2 Å². The van der Waals surface area contributed by atoms with E-state index < -0.39 is 11.2 Å². The van der Waals surface area contributed by atoms with Gasteiger partial charge in [0, 0.05) is 13.7 Å². The van der Waals surface area contributed by atoms with Crippen LogP contribution in [0.1, 0.15) is 0 Å². The van der Waals surface area contributed by atoms with Crippen LogP contribution in [0.3, 0.4) is 0 Å². The fourth-order valence-corrected chi connectivity index (χ4v) is 2.03. The third-order valence-corrected chi connectivity index (χ3v) is 3.15. The normalized spacial score (nSPS) is 18.6. The van der Waals surface area contributed by atoms with Crippen molar-refractivity contribution in [2.24, 2.45) is 0 Å². The second kappa shape index (κ2) is 7.25. The Bertz CT molecular complexity index is 576. The first-order valence-corrected chi connectivity index (χ1v) is 6.68. The van der Waals surface area contributed by atoms with E-state index >= 15 is 0 Å². The zero-order valence-corrected chi connectivity index (χ0v) is 11.9. The fraction of sp³-hybridized carbons (Fsp3) is 0.667. The molecule has 0 aromatic carbocycles. The quantitative estimate of drug-likeness (QED) is 0.590. The summed E-state index contributed by atoms with van der Waals surface area (Å²) < 4.78 is 16.9. The van der Waals surface area contributed by atoms with Crippen LogP contribution in [0, 0.1) is 0 Å². The van der Waals surface area contributed by atoms with E-state index in [0.29, 0.717) is 33.0 Å². The van der Waals surface area contributed by atoms with Crippen LogP contribution in [0.2, 0.25) is 0 Å². The molecule has 2 heterocycles. The number of ether oxygens (including phenoxy) is 3. The Labute approximate surface area is 121 Å². The first-order valence-electron chi connectivity index (χ1n) is 6.68. The van der Waals surface area contributed by atoms with E-state index in [1.54, 1.807) is 0 Å². The average Bonchev–Trinajstić information content (AvgIpc) is 2.47. The van der Waals surface area contributed by atoms with Crippen molar-refractivity contribution in [2.75, 3.05) is 51.1 Å². The fourth-order valence-electron chi connectivity index (χ4n) is 2.03. The molecule has 1 aromatic rings. The molecular weight excluding hydrogens is 280 g/mol. The third kappa shape index (κ3) is 3.84. The van der Waals surface area contributed by atoms with Crippen molar-refractivity contribution in [2.45, 2.75) is 12.6 Å². The summed E-state index contributed by atoms with van der Waals surface area (Å²) in [4.78, 5) is 25.8. The van der Waals surface area contributed by atoms with Gasteiger partial charge in [0.2, 0.25) is 0 Å². The highest BCUT2D eigenvalue weighted by Gasteiger charge is 2.17. The van der Waals surface area contributed by atoms with E-state index in [4.69, 9.17) is 19.9 Å². The molecule has 0 saturated carbocycles. The summed E-state index contributed by atoms with van der Waals surface area (Å²) in [5.41, 5.74) is 4.94. The summed E-state index contributed by atoms with van der Waals surface area (Å²) in [6.45, 7) is 2.49. The van der Waals surface area contributed by atoms with Gasteiger partial charge >= 0.3 is 5.69 Å². The molecule has 1 atom stereocenters. The average molecular weight is 300 g/mol. The summed E-state index contributed by atoms with van der Waals surface area (Å²) in [6.07, 6.45) is -0.156. The van der Waals surface area contributed by atoms with Gasteiger partial charge in [-0.05, 0) is 0 Å². The molecule has 1 aliphatic rings. The Hall–Kier alpha value is -1.84. The summed E-state index contributed by atoms with van der Waals surface area (Å²) in [5, 5.41) is 2.92. The lowest BCUT2D eigenvalue weighted by Gasteiger charge is -2.23. The number of nitrogens with two attached hydrogens (primary N) is 1. The predicted octanol–water partition coefficient (Wildman–Crippen LogP) is -1.41. The highest BCUT2D eigenvalue weighted by Crippen LogP contribution is 2.11. The predicted molar refractivity (Wildman–Crippen MR) is 76.7 cm³/mol. The van der Waals surface area contributed by atoms with E-state index in [9.17, 15) is 9.59 Å². The minimum absolute atomic E-state index is 0.0810. The monoisotopic (exact) mass is 300 g/mol. The highest BCUT2D eigenvalue weighted by molar-refractivity contribution is 5.60. The number of H-pyrrole nitrogens is 1. The van der Waals surface area contributed by atoms with Crippen LogP contribution in [-0.4, -0.2) is 55.7 Å². The van der Waals surface area contributed by atoms with Crippen molar-refractivity contribution >= 4 is 11.5 Å². The molecule has 1 unspecified atom stereocenters. The van der Waals surface area contributed by atoms with E-state index in [1.807, 2.05) is 0 Å². The van der Waals surface area contributed by atoms with E-state index in [1.165, 1.54) is 11.7 Å². The Morgan fingerprint density at radius 1 is 1.48 bits per heavy atom. The SMILES string of the molecule is COCCn1c(N)c(NCC2COCCO2)c(=O)[nH]c1=O. The summed E-state index contributed by atoms with van der Waals surface area (Å²) in [6, 6.07) is 0. The van der Waals surface area contributed by atoms with Gasteiger partial charge < -0.3 is 25.3 Å². The molecule has 4 N–H and O–H groups in total. The Morgan fingerprint density at radius 2 is 2.29 bits per heavy atom. The van der Waals surface area contributed by atoms with Crippen LogP contribution < -0.4 is 22.3 Å². The number of aromatic amines is 1. The molecule has 0 spiro atoms. The van der Waals surface area contributed by atoms with Crippen LogP contribution in [-0.2, 0) is 20.8 Å². The molecule has 9 nitrogen and oxygen atoms in total. The lowest BCUT2D eigenvalue weighted by molar-refractivity contribution is -0.0818. The Morgan fingerprint density at radius 3 is 2.95 bits per heavy atom. The zero-order chi connectivity index (χ0) is 15.2. The lowest BCUT2D eigenvalue weighted by Crippen LogP contribution is -2.38. The molecule has 9 heteroatoms. The standard InChI is InChI=1S/C12H20N4O5/c1-19-3-2-16-10(13)9(11(17)15-12(16)18)14-6-8-7-20-4-5-21-8/h8,14H,2-7,13H2,1H3,(H,15,17,18). The summed E-state index contributed by atoms with van der Waals surface area (Å²) >= 11 is 0. The van der Waals surface area contributed by atoms with Crippen molar-refractivity contribution in [3.63, 3.8) is 0 Å². The maximum absolute atomic E-state index is 11.8. The second-order valence-corrected chi connectivity index (χ2v) is 4.61. The molecule has 0 amide bonds. The highest BCUT2D eigenvalue weighted by atomic mass is 16.6. The molecule has 1 saturated heterocycles. The van der Waals surface area contributed by atoms with Crippen LogP contribution in [0.4, 0.5) is 11.5 Å². The number of nitrogens with zero attached hydrogens (tertiary/aromatic N) is 1. The van der Waals surface area contributed by atoms with Gasteiger partial charge in [0.25, 0.3) is 5.56 Å². The maximum atomic E-state index is 11.8. The van der Waals surface area contributed by atoms with E-state index in [0.717, 1.165) is 0 Å². The largest absolute Gasteiger partial charge is 0.383 e. The molecule has 1 aliphatic heterocycles. The van der Waals surface area contributed by atoms with Crippen LogP contribution in [0.5, 0.6) is 0 Å². The van der Waals surface area contributed by atoms with Crippen LogP contribution in [0.15, 0.2) is 9.59 Å². The van der Waals surface area contributed by atoms with Crippen LogP contribution >= 0.6 is 0 Å². The van der Waals surface area contributed by atoms with Crippen molar-refractivity contribution in [3.8, 4) is 0 Å². The molecule has 1 aromatic heterocycles. The van der Waals surface area contributed by atoms with Gasteiger partial charge in [-0.3, -0.25) is 14.3 Å². The molecule has 2 rings (SSSR count). The molecule has 21 heavy (non-hydrogen) atoms. The first-order chi connectivity index (χ1) is 10.1. The maximum Gasteiger partial charge on any atom is 0.330 e. The molecule has 0 aliphatic carbocycles. The number of methoxy groups -OCH3 is 1. The Balaban J connectivity index is 2.14. The van der Waals surface area contributed by atoms with Crippen molar-refractivity contribution in [1.82, 2.24) is 9.55 Å². The molecule has 1 fully saturated rings. The minimum Gasteiger partial charge on any atom is -0.383 e. The van der Waals surface area contributed by atoms with E-state index in [2.05, 4.69) is 10.3 Å². The third-order valence-electron chi connectivity index (χ3n) is 3.15. The number of anilines is 2. The van der Waals surface area contributed by atoms with Crippen LogP contribution in [0.25, 0.3) is 0 Å². The van der Waals surface area contributed by atoms with Gasteiger partial charge in [0.1, 0.15) is 11.5 Å². The Kier molecular flexibility index (Phi) is 5.37. The molecule has 0 radical (unpaired) electrons. The van der Waals surface area contributed by atoms with Gasteiger partial charge in [-0.1, -0.05) is 0 Å². The molecule has 0 bridgehead atoms. The molecular formula is C12H20N4O5. The number of nitrogens with one attached hydrogen (secondary N) is 2. The summed E-state index contributed by atoms with van der Waals surface area (Å²) in [5.74, 6) is 0.0810. The van der Waals surface area contributed by atoms with Gasteiger partial charge in [0.15, 0.2) is 0 Å². The van der Waals surface area contributed by atoms with Gasteiger partial charge in [0.05, 0.1) is 39.1 Å². The molecule has 118 valence electrons. The topological polar surface area (TPSA) is 121 Å². The minimum atomic E-state index is -0.558. The number of hydrogen-bond donors (Lipinski definition) is 3. The van der Waals surface area contributed by atoms with Gasteiger partial charge in [-0.15, -0.1) is 0 Å². The van der Waals surface area contributed by atoms with Crippen molar-refractivity contribution in [1.29, 1.82) is 0 Å².